The zero-order valence-corrected chi connectivity index (χ0v) is 12.3. The summed E-state index contributed by atoms with van der Waals surface area (Å²) in [6.45, 7) is 3.14. The van der Waals surface area contributed by atoms with Crippen LogP contribution in [-0.4, -0.2) is 44.9 Å². The third kappa shape index (κ3) is 2.74. The second-order valence-corrected chi connectivity index (χ2v) is 5.36. The molecule has 0 unspecified atom stereocenters. The normalized spacial score (nSPS) is 17.8. The zero-order chi connectivity index (χ0) is 14.7. The van der Waals surface area contributed by atoms with E-state index in [9.17, 15) is 4.39 Å². The van der Waals surface area contributed by atoms with Crippen LogP contribution in [0.2, 0.25) is 0 Å². The van der Waals surface area contributed by atoms with E-state index in [1.54, 1.807) is 7.11 Å². The number of halogens is 1. The summed E-state index contributed by atoms with van der Waals surface area (Å²) >= 11 is 0. The van der Waals surface area contributed by atoms with Crippen molar-refractivity contribution >= 4 is 10.8 Å². The van der Waals surface area contributed by atoms with Crippen molar-refractivity contribution in [1.29, 1.82) is 0 Å². The van der Waals surface area contributed by atoms with E-state index >= 15 is 0 Å². The molecule has 4 heteroatoms. The predicted octanol–water partition coefficient (Wildman–Crippen LogP) is 2.76. The molecule has 0 spiro atoms. The third-order valence-corrected chi connectivity index (χ3v) is 4.22. The molecule has 1 N–H and O–H groups in total. The Labute approximate surface area is 124 Å². The van der Waals surface area contributed by atoms with Crippen LogP contribution in [0.4, 0.5) is 4.39 Å². The molecule has 21 heavy (non-hydrogen) atoms. The average Bonchev–Trinajstić information content (AvgIpc) is 2.56. The van der Waals surface area contributed by atoms with E-state index in [4.69, 9.17) is 4.74 Å². The number of ether oxygens (including phenoxy) is 1. The Morgan fingerprint density at radius 3 is 2.67 bits per heavy atom. The average molecular weight is 288 g/mol. The number of fused-ring (bicyclic) bond motifs is 1. The predicted molar refractivity (Wildman–Crippen MR) is 83.7 cm³/mol. The molecule has 1 fully saturated rings. The van der Waals surface area contributed by atoms with Crippen molar-refractivity contribution in [3.63, 3.8) is 0 Å². The SMILES string of the molecule is COc1ccc2ccccc2c1[C@H](CF)N1CCNCC1. The number of rotatable bonds is 4. The Morgan fingerprint density at radius 1 is 1.19 bits per heavy atom. The van der Waals surface area contributed by atoms with Crippen LogP contribution in [0.25, 0.3) is 10.8 Å². The van der Waals surface area contributed by atoms with Crippen molar-refractivity contribution in [1.82, 2.24) is 10.2 Å². The lowest BCUT2D eigenvalue weighted by Crippen LogP contribution is -2.45. The first-order valence-corrected chi connectivity index (χ1v) is 7.41. The van der Waals surface area contributed by atoms with Crippen LogP contribution in [0.3, 0.4) is 0 Å². The molecule has 1 saturated heterocycles. The molecular formula is C17H21FN2O. The second kappa shape index (κ2) is 6.41. The lowest BCUT2D eigenvalue weighted by molar-refractivity contribution is 0.146. The van der Waals surface area contributed by atoms with Crippen LogP contribution >= 0.6 is 0 Å². The summed E-state index contributed by atoms with van der Waals surface area (Å²) in [4.78, 5) is 2.21. The fourth-order valence-electron chi connectivity index (χ4n) is 3.15. The van der Waals surface area contributed by atoms with Crippen molar-refractivity contribution in [3.05, 3.63) is 42.0 Å². The van der Waals surface area contributed by atoms with Gasteiger partial charge in [0, 0.05) is 31.7 Å². The number of nitrogens with zero attached hydrogens (tertiary/aromatic N) is 1. The van der Waals surface area contributed by atoms with Crippen LogP contribution < -0.4 is 10.1 Å². The number of alkyl halides is 1. The molecule has 2 aromatic carbocycles. The van der Waals surface area contributed by atoms with Crippen LogP contribution in [0.5, 0.6) is 5.75 Å². The second-order valence-electron chi connectivity index (χ2n) is 5.36. The van der Waals surface area contributed by atoms with Crippen LogP contribution in [0.1, 0.15) is 11.6 Å². The summed E-state index contributed by atoms with van der Waals surface area (Å²) in [5.74, 6) is 0.773. The first kappa shape index (κ1) is 14.3. The van der Waals surface area contributed by atoms with E-state index in [0.29, 0.717) is 0 Å². The maximum Gasteiger partial charge on any atom is 0.124 e. The summed E-state index contributed by atoms with van der Waals surface area (Å²) in [6, 6.07) is 11.9. The number of methoxy groups -OCH3 is 1. The molecular weight excluding hydrogens is 267 g/mol. The minimum absolute atomic E-state index is 0.242. The van der Waals surface area contributed by atoms with E-state index in [-0.39, 0.29) is 6.04 Å². The molecule has 0 aromatic heterocycles. The fraction of sp³-hybridized carbons (Fsp3) is 0.412. The van der Waals surface area contributed by atoms with E-state index < -0.39 is 6.67 Å². The van der Waals surface area contributed by atoms with Crippen LogP contribution in [-0.2, 0) is 0 Å². The van der Waals surface area contributed by atoms with Gasteiger partial charge in [0.05, 0.1) is 13.2 Å². The molecule has 112 valence electrons. The molecule has 0 radical (unpaired) electrons. The van der Waals surface area contributed by atoms with Gasteiger partial charge in [0.15, 0.2) is 0 Å². The molecule has 0 saturated carbocycles. The molecule has 2 aromatic rings. The summed E-state index contributed by atoms with van der Waals surface area (Å²) in [5, 5.41) is 5.52. The van der Waals surface area contributed by atoms with Gasteiger partial charge in [-0.05, 0) is 16.8 Å². The summed E-state index contributed by atoms with van der Waals surface area (Å²) < 4.78 is 19.4. The Bertz CT molecular complexity index is 611. The number of hydrogen-bond donors (Lipinski definition) is 1. The lowest BCUT2D eigenvalue weighted by Gasteiger charge is -2.34. The van der Waals surface area contributed by atoms with Crippen molar-refractivity contribution < 1.29 is 9.13 Å². The molecule has 3 nitrogen and oxygen atoms in total. The monoisotopic (exact) mass is 288 g/mol. The van der Waals surface area contributed by atoms with E-state index in [1.807, 2.05) is 24.3 Å². The van der Waals surface area contributed by atoms with Crippen molar-refractivity contribution in [2.45, 2.75) is 6.04 Å². The van der Waals surface area contributed by atoms with Gasteiger partial charge in [-0.1, -0.05) is 30.3 Å². The van der Waals surface area contributed by atoms with Gasteiger partial charge < -0.3 is 10.1 Å². The van der Waals surface area contributed by atoms with Gasteiger partial charge >= 0.3 is 0 Å². The van der Waals surface area contributed by atoms with Gasteiger partial charge in [0.1, 0.15) is 12.4 Å². The van der Waals surface area contributed by atoms with E-state index in [1.165, 1.54) is 0 Å². The highest BCUT2D eigenvalue weighted by molar-refractivity contribution is 5.88. The Hall–Kier alpha value is -1.65. The molecule has 0 aliphatic carbocycles. The summed E-state index contributed by atoms with van der Waals surface area (Å²) in [5.41, 5.74) is 0.972. The van der Waals surface area contributed by atoms with Gasteiger partial charge in [-0.25, -0.2) is 4.39 Å². The van der Waals surface area contributed by atoms with E-state index in [2.05, 4.69) is 22.3 Å². The number of hydrogen-bond acceptors (Lipinski definition) is 3. The van der Waals surface area contributed by atoms with Crippen LogP contribution in [0, 0.1) is 0 Å². The molecule has 3 rings (SSSR count). The summed E-state index contributed by atoms with van der Waals surface area (Å²) in [6.07, 6.45) is 0. The molecule has 1 aliphatic rings. The smallest absolute Gasteiger partial charge is 0.124 e. The highest BCUT2D eigenvalue weighted by atomic mass is 19.1. The fourth-order valence-corrected chi connectivity index (χ4v) is 3.15. The minimum Gasteiger partial charge on any atom is -0.496 e. The number of piperazine rings is 1. The zero-order valence-electron chi connectivity index (χ0n) is 12.3. The summed E-state index contributed by atoms with van der Waals surface area (Å²) in [7, 11) is 1.65. The van der Waals surface area contributed by atoms with Gasteiger partial charge in [-0.2, -0.15) is 0 Å². The highest BCUT2D eigenvalue weighted by Crippen LogP contribution is 2.36. The number of nitrogens with one attached hydrogen (secondary N) is 1. The molecule has 1 heterocycles. The number of benzene rings is 2. The van der Waals surface area contributed by atoms with Crippen molar-refractivity contribution in [3.8, 4) is 5.75 Å². The molecule has 1 aliphatic heterocycles. The quantitative estimate of drug-likeness (QED) is 0.936. The Morgan fingerprint density at radius 2 is 1.95 bits per heavy atom. The van der Waals surface area contributed by atoms with Crippen LogP contribution in [0.15, 0.2) is 36.4 Å². The van der Waals surface area contributed by atoms with Gasteiger partial charge in [0.25, 0.3) is 0 Å². The van der Waals surface area contributed by atoms with Gasteiger partial charge in [-0.15, -0.1) is 0 Å². The minimum atomic E-state index is -0.398. The topological polar surface area (TPSA) is 24.5 Å². The molecule has 0 bridgehead atoms. The van der Waals surface area contributed by atoms with Gasteiger partial charge in [0.2, 0.25) is 0 Å². The first-order valence-electron chi connectivity index (χ1n) is 7.41. The Balaban J connectivity index is 2.10. The van der Waals surface area contributed by atoms with Crippen molar-refractivity contribution in [2.24, 2.45) is 0 Å². The molecule has 0 amide bonds. The Kier molecular flexibility index (Phi) is 4.36. The van der Waals surface area contributed by atoms with Gasteiger partial charge in [-0.3, -0.25) is 4.90 Å². The lowest BCUT2D eigenvalue weighted by atomic mass is 9.96. The molecule has 1 atom stereocenters. The maximum atomic E-state index is 13.9. The van der Waals surface area contributed by atoms with Crippen molar-refractivity contribution in [2.75, 3.05) is 40.0 Å². The van der Waals surface area contributed by atoms with E-state index in [0.717, 1.165) is 48.3 Å². The maximum absolute atomic E-state index is 13.9. The standard InChI is InChI=1S/C17H21FN2O/c1-21-16-7-6-13-4-2-3-5-14(13)17(16)15(12-18)20-10-8-19-9-11-20/h2-7,15,19H,8-12H2,1H3/t15-/m0/s1. The largest absolute Gasteiger partial charge is 0.496 e. The first-order chi connectivity index (χ1) is 10.3. The third-order valence-electron chi connectivity index (χ3n) is 4.22. The highest BCUT2D eigenvalue weighted by Gasteiger charge is 2.26.